The van der Waals surface area contributed by atoms with E-state index in [4.69, 9.17) is 5.11 Å². The summed E-state index contributed by atoms with van der Waals surface area (Å²) in [6, 6.07) is 5.29. The fourth-order valence-electron chi connectivity index (χ4n) is 1.72. The first-order valence-electron chi connectivity index (χ1n) is 5.46. The molecule has 92 valence electrons. The molecule has 0 aromatic carbocycles. The lowest BCUT2D eigenvalue weighted by Crippen LogP contribution is -2.19. The van der Waals surface area contributed by atoms with Gasteiger partial charge < -0.3 is 10.0 Å². The minimum Gasteiger partial charge on any atom is -0.478 e. The monoisotopic (exact) mass is 243 g/mol. The van der Waals surface area contributed by atoms with E-state index in [-0.39, 0.29) is 5.56 Å². The second kappa shape index (κ2) is 5.27. The maximum atomic E-state index is 11.1. The molecule has 0 aliphatic carbocycles. The van der Waals surface area contributed by atoms with Crippen molar-refractivity contribution in [2.45, 2.75) is 6.54 Å². The quantitative estimate of drug-likeness (QED) is 0.887. The van der Waals surface area contributed by atoms with Crippen molar-refractivity contribution in [3.63, 3.8) is 0 Å². The van der Waals surface area contributed by atoms with E-state index >= 15 is 0 Å². The van der Waals surface area contributed by atoms with Crippen LogP contribution in [0.3, 0.4) is 0 Å². The highest BCUT2D eigenvalue weighted by Crippen LogP contribution is 2.19. The molecule has 0 unspecified atom stereocenters. The number of carboxylic acid groups (broad SMARTS) is 1. The number of anilines is 1. The van der Waals surface area contributed by atoms with Crippen LogP contribution in [-0.2, 0) is 6.54 Å². The number of aromatic carboxylic acids is 1. The first kappa shape index (κ1) is 12.0. The van der Waals surface area contributed by atoms with Crippen molar-refractivity contribution in [1.29, 1.82) is 0 Å². The molecule has 2 aromatic heterocycles. The number of nitrogens with zero attached hydrogens (tertiary/aromatic N) is 3. The normalized spacial score (nSPS) is 10.1. The molecule has 5 heteroatoms. The lowest BCUT2D eigenvalue weighted by atomic mass is 10.2. The SMILES string of the molecule is CN(Cc1cccnc1)c1cnccc1C(=O)O. The van der Waals surface area contributed by atoms with Gasteiger partial charge in [0.2, 0.25) is 0 Å². The molecule has 0 aliphatic rings. The summed E-state index contributed by atoms with van der Waals surface area (Å²) in [4.78, 5) is 21.0. The molecule has 2 aromatic rings. The molecule has 0 amide bonds. The standard InChI is InChI=1S/C13H13N3O2/c1-16(9-10-3-2-5-14-7-10)12-8-15-6-4-11(12)13(17)18/h2-8H,9H2,1H3,(H,17,18). The van der Waals surface area contributed by atoms with Crippen LogP contribution in [0.4, 0.5) is 5.69 Å². The highest BCUT2D eigenvalue weighted by Gasteiger charge is 2.13. The van der Waals surface area contributed by atoms with Gasteiger partial charge in [-0.15, -0.1) is 0 Å². The van der Waals surface area contributed by atoms with Crippen LogP contribution in [0.5, 0.6) is 0 Å². The molecule has 0 aliphatic heterocycles. The number of carboxylic acids is 1. The van der Waals surface area contributed by atoms with Gasteiger partial charge in [0, 0.05) is 32.2 Å². The summed E-state index contributed by atoms with van der Waals surface area (Å²) in [6.45, 7) is 0.583. The number of hydrogen-bond acceptors (Lipinski definition) is 4. The van der Waals surface area contributed by atoms with Gasteiger partial charge in [0.05, 0.1) is 17.4 Å². The van der Waals surface area contributed by atoms with Gasteiger partial charge in [0.25, 0.3) is 0 Å². The fourth-order valence-corrected chi connectivity index (χ4v) is 1.72. The van der Waals surface area contributed by atoms with Crippen molar-refractivity contribution in [3.05, 3.63) is 54.1 Å². The van der Waals surface area contributed by atoms with E-state index in [2.05, 4.69) is 9.97 Å². The Morgan fingerprint density at radius 3 is 2.72 bits per heavy atom. The van der Waals surface area contributed by atoms with Gasteiger partial charge >= 0.3 is 5.97 Å². The van der Waals surface area contributed by atoms with Crippen LogP contribution < -0.4 is 4.90 Å². The van der Waals surface area contributed by atoms with Gasteiger partial charge in [-0.3, -0.25) is 9.97 Å². The molecule has 18 heavy (non-hydrogen) atoms. The third-order valence-corrected chi connectivity index (χ3v) is 2.58. The summed E-state index contributed by atoms with van der Waals surface area (Å²) in [5.41, 5.74) is 1.85. The lowest BCUT2D eigenvalue weighted by Gasteiger charge is -2.20. The summed E-state index contributed by atoms with van der Waals surface area (Å²) in [7, 11) is 1.83. The third kappa shape index (κ3) is 2.63. The maximum Gasteiger partial charge on any atom is 0.337 e. The minimum absolute atomic E-state index is 0.247. The summed E-state index contributed by atoms with van der Waals surface area (Å²) in [6.07, 6.45) is 6.49. The molecule has 0 atom stereocenters. The van der Waals surface area contributed by atoms with Crippen LogP contribution in [-0.4, -0.2) is 28.1 Å². The number of hydrogen-bond donors (Lipinski definition) is 1. The van der Waals surface area contributed by atoms with Gasteiger partial charge in [-0.25, -0.2) is 4.79 Å². The van der Waals surface area contributed by atoms with E-state index in [9.17, 15) is 4.79 Å². The van der Waals surface area contributed by atoms with Crippen molar-refractivity contribution < 1.29 is 9.90 Å². The zero-order chi connectivity index (χ0) is 13.0. The van der Waals surface area contributed by atoms with E-state index < -0.39 is 5.97 Å². The van der Waals surface area contributed by atoms with Crippen LogP contribution >= 0.6 is 0 Å². The summed E-state index contributed by atoms with van der Waals surface area (Å²) in [5, 5.41) is 9.11. The number of carbonyl (C=O) groups is 1. The Morgan fingerprint density at radius 2 is 2.06 bits per heavy atom. The predicted octanol–water partition coefficient (Wildman–Crippen LogP) is 1.81. The average Bonchev–Trinajstić information content (AvgIpc) is 2.40. The number of aromatic nitrogens is 2. The van der Waals surface area contributed by atoms with E-state index in [0.29, 0.717) is 12.2 Å². The Balaban J connectivity index is 2.24. The first-order valence-corrected chi connectivity index (χ1v) is 5.46. The van der Waals surface area contributed by atoms with E-state index in [1.54, 1.807) is 18.6 Å². The first-order chi connectivity index (χ1) is 8.68. The Bertz CT molecular complexity index is 543. The Hall–Kier alpha value is -2.43. The molecule has 0 saturated carbocycles. The molecule has 0 saturated heterocycles. The van der Waals surface area contributed by atoms with Crippen LogP contribution in [0.1, 0.15) is 15.9 Å². The Kier molecular flexibility index (Phi) is 3.52. The fraction of sp³-hybridized carbons (Fsp3) is 0.154. The highest BCUT2D eigenvalue weighted by atomic mass is 16.4. The summed E-state index contributed by atoms with van der Waals surface area (Å²) >= 11 is 0. The van der Waals surface area contributed by atoms with Gasteiger partial charge in [0.1, 0.15) is 0 Å². The zero-order valence-electron chi connectivity index (χ0n) is 9.95. The van der Waals surface area contributed by atoms with Gasteiger partial charge in [-0.05, 0) is 17.7 Å². The minimum atomic E-state index is -0.953. The Labute approximate surface area is 105 Å². The second-order valence-electron chi connectivity index (χ2n) is 3.92. The van der Waals surface area contributed by atoms with Crippen LogP contribution in [0, 0.1) is 0 Å². The summed E-state index contributed by atoms with van der Waals surface area (Å²) < 4.78 is 0. The molecular formula is C13H13N3O2. The Morgan fingerprint density at radius 1 is 1.28 bits per heavy atom. The van der Waals surface area contributed by atoms with E-state index in [0.717, 1.165) is 5.56 Å². The van der Waals surface area contributed by atoms with Crippen LogP contribution in [0.15, 0.2) is 43.0 Å². The number of rotatable bonds is 4. The van der Waals surface area contributed by atoms with Crippen molar-refractivity contribution in [3.8, 4) is 0 Å². The average molecular weight is 243 g/mol. The molecule has 1 N–H and O–H groups in total. The second-order valence-corrected chi connectivity index (χ2v) is 3.92. The van der Waals surface area contributed by atoms with Gasteiger partial charge in [-0.1, -0.05) is 6.07 Å². The van der Waals surface area contributed by atoms with Crippen molar-refractivity contribution in [1.82, 2.24) is 9.97 Å². The molecule has 0 bridgehead atoms. The summed E-state index contributed by atoms with van der Waals surface area (Å²) in [5.74, 6) is -0.953. The van der Waals surface area contributed by atoms with Crippen molar-refractivity contribution in [2.24, 2.45) is 0 Å². The molecule has 2 rings (SSSR count). The zero-order valence-corrected chi connectivity index (χ0v) is 9.95. The van der Waals surface area contributed by atoms with Gasteiger partial charge in [0.15, 0.2) is 0 Å². The number of pyridine rings is 2. The molecule has 0 spiro atoms. The maximum absolute atomic E-state index is 11.1. The lowest BCUT2D eigenvalue weighted by molar-refractivity contribution is 0.0697. The molecule has 0 fully saturated rings. The van der Waals surface area contributed by atoms with Crippen LogP contribution in [0.2, 0.25) is 0 Å². The molecule has 5 nitrogen and oxygen atoms in total. The van der Waals surface area contributed by atoms with Crippen molar-refractivity contribution in [2.75, 3.05) is 11.9 Å². The largest absolute Gasteiger partial charge is 0.478 e. The predicted molar refractivity (Wildman–Crippen MR) is 67.5 cm³/mol. The van der Waals surface area contributed by atoms with Gasteiger partial charge in [-0.2, -0.15) is 0 Å². The van der Waals surface area contributed by atoms with E-state index in [1.165, 1.54) is 12.3 Å². The van der Waals surface area contributed by atoms with E-state index in [1.807, 2.05) is 24.1 Å². The molecule has 2 heterocycles. The smallest absolute Gasteiger partial charge is 0.337 e. The molecule has 0 radical (unpaired) electrons. The molecular weight excluding hydrogens is 230 g/mol. The highest BCUT2D eigenvalue weighted by molar-refractivity contribution is 5.94. The topological polar surface area (TPSA) is 66.3 Å². The third-order valence-electron chi connectivity index (χ3n) is 2.58. The van der Waals surface area contributed by atoms with Crippen molar-refractivity contribution >= 4 is 11.7 Å². The van der Waals surface area contributed by atoms with Crippen LogP contribution in [0.25, 0.3) is 0 Å².